The summed E-state index contributed by atoms with van der Waals surface area (Å²) in [5.74, 6) is -0.836. The van der Waals surface area contributed by atoms with Gasteiger partial charge in [-0.3, -0.25) is 19.3 Å². The van der Waals surface area contributed by atoms with Gasteiger partial charge in [0.05, 0.1) is 17.5 Å². The van der Waals surface area contributed by atoms with Gasteiger partial charge in [-0.2, -0.15) is 0 Å². The summed E-state index contributed by atoms with van der Waals surface area (Å²) >= 11 is 0. The number of carbonyl (C=O) groups is 2. The Bertz CT molecular complexity index is 895. The Morgan fingerprint density at radius 3 is 2.63 bits per heavy atom. The Kier molecular flexibility index (Phi) is 5.38. The molecule has 9 nitrogen and oxygen atoms in total. The molecule has 27 heavy (non-hydrogen) atoms. The topological polar surface area (TPSA) is 109 Å². The molecule has 2 aliphatic heterocycles. The van der Waals surface area contributed by atoms with Crippen LogP contribution >= 0.6 is 0 Å². The second-order valence-corrected chi connectivity index (χ2v) is 9.62. The molecule has 2 saturated heterocycles. The third kappa shape index (κ3) is 4.22. The van der Waals surface area contributed by atoms with Crippen LogP contribution in [0.15, 0.2) is 29.2 Å². The van der Waals surface area contributed by atoms with E-state index in [2.05, 4.69) is 5.32 Å². The van der Waals surface area contributed by atoms with Gasteiger partial charge in [0.15, 0.2) is 9.84 Å². The van der Waals surface area contributed by atoms with Crippen molar-refractivity contribution >= 4 is 21.7 Å². The highest BCUT2D eigenvalue weighted by molar-refractivity contribution is 7.92. The average molecular weight is 396 g/mol. The van der Waals surface area contributed by atoms with Crippen molar-refractivity contribution in [2.24, 2.45) is 5.92 Å². The molecule has 0 saturated carbocycles. The van der Waals surface area contributed by atoms with E-state index < -0.39 is 27.0 Å². The summed E-state index contributed by atoms with van der Waals surface area (Å²) in [6, 6.07) is 4.10. The molecule has 2 aliphatic rings. The molecule has 1 aromatic rings. The van der Waals surface area contributed by atoms with Crippen LogP contribution < -0.4 is 10.9 Å². The Balaban J connectivity index is 1.66. The predicted molar refractivity (Wildman–Crippen MR) is 98.8 cm³/mol. The smallest absolute Gasteiger partial charge is 0.250 e. The number of likely N-dealkylation sites (N-methyl/N-ethyl adjacent to an activating group) is 1. The van der Waals surface area contributed by atoms with Crippen LogP contribution in [0, 0.1) is 5.92 Å². The molecule has 0 spiro atoms. The van der Waals surface area contributed by atoms with Gasteiger partial charge in [0, 0.05) is 51.4 Å². The van der Waals surface area contributed by atoms with Crippen molar-refractivity contribution in [2.45, 2.75) is 17.8 Å². The number of carbonyl (C=O) groups excluding carboxylic acids is 2. The van der Waals surface area contributed by atoms with Gasteiger partial charge in [-0.15, -0.1) is 0 Å². The monoisotopic (exact) mass is 396 g/mol. The standard InChI is InChI=1S/C17H24N4O5S/c1-19(2)17(24)10-20-7-12-13(11-27(25,26)14(12)8-20)18-15(22)9-21-6-4-3-5-16(21)23/h3-6,12-14H,7-11H2,1-2H3,(H,18,22)/t12-,13+,14-/m0/s1. The van der Waals surface area contributed by atoms with E-state index >= 15 is 0 Å². The van der Waals surface area contributed by atoms with E-state index in [9.17, 15) is 22.8 Å². The fourth-order valence-corrected chi connectivity index (χ4v) is 6.08. The number of fused-ring (bicyclic) bond motifs is 1. The number of sulfone groups is 1. The first-order chi connectivity index (χ1) is 12.7. The van der Waals surface area contributed by atoms with Crippen LogP contribution in [0.4, 0.5) is 0 Å². The number of aromatic nitrogens is 1. The van der Waals surface area contributed by atoms with Crippen molar-refractivity contribution in [2.75, 3.05) is 39.5 Å². The zero-order valence-electron chi connectivity index (χ0n) is 15.4. The Morgan fingerprint density at radius 1 is 1.22 bits per heavy atom. The Hall–Kier alpha value is -2.20. The molecule has 3 heterocycles. The average Bonchev–Trinajstić information content (AvgIpc) is 3.09. The Labute approximate surface area is 157 Å². The number of pyridine rings is 1. The van der Waals surface area contributed by atoms with E-state index in [-0.39, 0.29) is 36.2 Å². The van der Waals surface area contributed by atoms with E-state index in [1.165, 1.54) is 21.7 Å². The fourth-order valence-electron chi connectivity index (χ4n) is 3.75. The molecule has 0 aliphatic carbocycles. The number of nitrogens with one attached hydrogen (secondary N) is 1. The van der Waals surface area contributed by atoms with Gasteiger partial charge >= 0.3 is 0 Å². The highest BCUT2D eigenvalue weighted by atomic mass is 32.2. The van der Waals surface area contributed by atoms with Gasteiger partial charge < -0.3 is 14.8 Å². The molecule has 0 unspecified atom stereocenters. The zero-order chi connectivity index (χ0) is 19.8. The summed E-state index contributed by atoms with van der Waals surface area (Å²) in [4.78, 5) is 39.3. The highest BCUT2D eigenvalue weighted by Crippen LogP contribution is 2.34. The van der Waals surface area contributed by atoms with Crippen molar-refractivity contribution in [3.05, 3.63) is 34.7 Å². The lowest BCUT2D eigenvalue weighted by atomic mass is 10.0. The maximum Gasteiger partial charge on any atom is 0.250 e. The number of likely N-dealkylation sites (tertiary alicyclic amines) is 1. The van der Waals surface area contributed by atoms with Crippen LogP contribution in [0.1, 0.15) is 0 Å². The lowest BCUT2D eigenvalue weighted by molar-refractivity contribution is -0.129. The molecule has 0 bridgehead atoms. The van der Waals surface area contributed by atoms with Crippen LogP contribution in [0.5, 0.6) is 0 Å². The van der Waals surface area contributed by atoms with E-state index in [0.717, 1.165) is 0 Å². The maximum atomic E-state index is 12.5. The minimum atomic E-state index is -3.34. The molecule has 0 radical (unpaired) electrons. The van der Waals surface area contributed by atoms with Gasteiger partial charge in [-0.05, 0) is 6.07 Å². The van der Waals surface area contributed by atoms with Crippen molar-refractivity contribution < 1.29 is 18.0 Å². The lowest BCUT2D eigenvalue weighted by Gasteiger charge is -2.22. The molecule has 1 N–H and O–H groups in total. The van der Waals surface area contributed by atoms with E-state index in [1.807, 2.05) is 4.90 Å². The van der Waals surface area contributed by atoms with Gasteiger partial charge in [0.1, 0.15) is 6.54 Å². The quantitative estimate of drug-likeness (QED) is 0.626. The first-order valence-electron chi connectivity index (χ1n) is 8.76. The number of rotatable bonds is 5. The lowest BCUT2D eigenvalue weighted by Crippen LogP contribution is -2.44. The molecule has 3 rings (SSSR count). The summed E-state index contributed by atoms with van der Waals surface area (Å²) in [6.07, 6.45) is 1.51. The van der Waals surface area contributed by atoms with Gasteiger partial charge in [0.25, 0.3) is 5.56 Å². The SMILES string of the molecule is CN(C)C(=O)CN1C[C@H]2[C@H](NC(=O)Cn3ccccc3=O)CS(=O)(=O)[C@H]2C1. The van der Waals surface area contributed by atoms with Crippen LogP contribution in [0.2, 0.25) is 0 Å². The minimum absolute atomic E-state index is 0.0867. The number of hydrogen-bond donors (Lipinski definition) is 1. The summed E-state index contributed by atoms with van der Waals surface area (Å²) in [7, 11) is -0.0239. The first kappa shape index (κ1) is 19.6. The number of nitrogens with zero attached hydrogens (tertiary/aromatic N) is 3. The van der Waals surface area contributed by atoms with Crippen LogP contribution in [0.3, 0.4) is 0 Å². The summed E-state index contributed by atoms with van der Waals surface area (Å²) in [5, 5.41) is 2.21. The summed E-state index contributed by atoms with van der Waals surface area (Å²) < 4.78 is 26.2. The van der Waals surface area contributed by atoms with Crippen LogP contribution in [-0.2, 0) is 26.0 Å². The predicted octanol–water partition coefficient (Wildman–Crippen LogP) is -1.85. The second kappa shape index (κ2) is 7.43. The molecular formula is C17H24N4O5S. The molecule has 2 amide bonds. The molecular weight excluding hydrogens is 372 g/mol. The summed E-state index contributed by atoms with van der Waals surface area (Å²) in [5.41, 5.74) is -0.293. The molecule has 0 aromatic carbocycles. The number of hydrogen-bond acceptors (Lipinski definition) is 6. The molecule has 2 fully saturated rings. The van der Waals surface area contributed by atoms with Crippen molar-refractivity contribution in [1.29, 1.82) is 0 Å². The van der Waals surface area contributed by atoms with Gasteiger partial charge in [-0.25, -0.2) is 8.42 Å². The second-order valence-electron chi connectivity index (χ2n) is 7.35. The molecule has 3 atom stereocenters. The Morgan fingerprint density at radius 2 is 1.96 bits per heavy atom. The van der Waals surface area contributed by atoms with Crippen molar-refractivity contribution in [3.63, 3.8) is 0 Å². The number of amides is 2. The van der Waals surface area contributed by atoms with Crippen LogP contribution in [-0.4, -0.2) is 85.4 Å². The molecule has 148 valence electrons. The normalized spacial score (nSPS) is 26.5. The molecule has 1 aromatic heterocycles. The maximum absolute atomic E-state index is 12.5. The third-order valence-electron chi connectivity index (χ3n) is 5.19. The fraction of sp³-hybridized carbons (Fsp3) is 0.588. The van der Waals surface area contributed by atoms with Crippen molar-refractivity contribution in [3.8, 4) is 0 Å². The van der Waals surface area contributed by atoms with Gasteiger partial charge in [0.2, 0.25) is 11.8 Å². The summed E-state index contributed by atoms with van der Waals surface area (Å²) in [6.45, 7) is 0.753. The van der Waals surface area contributed by atoms with E-state index in [0.29, 0.717) is 13.1 Å². The van der Waals surface area contributed by atoms with Gasteiger partial charge in [-0.1, -0.05) is 6.07 Å². The van der Waals surface area contributed by atoms with Crippen LogP contribution in [0.25, 0.3) is 0 Å². The van der Waals surface area contributed by atoms with E-state index in [4.69, 9.17) is 0 Å². The zero-order valence-corrected chi connectivity index (χ0v) is 16.2. The van der Waals surface area contributed by atoms with E-state index in [1.54, 1.807) is 26.2 Å². The minimum Gasteiger partial charge on any atom is -0.350 e. The largest absolute Gasteiger partial charge is 0.350 e. The molecule has 10 heteroatoms. The third-order valence-corrected chi connectivity index (χ3v) is 7.44. The first-order valence-corrected chi connectivity index (χ1v) is 10.5. The highest BCUT2D eigenvalue weighted by Gasteiger charge is 2.52. The van der Waals surface area contributed by atoms with Crippen molar-refractivity contribution in [1.82, 2.24) is 19.7 Å².